The fraction of sp³-hybridized carbons (Fsp3) is 0.261. The highest BCUT2D eigenvalue weighted by atomic mass is 35.5. The Morgan fingerprint density at radius 2 is 1.79 bits per heavy atom. The predicted octanol–water partition coefficient (Wildman–Crippen LogP) is 4.46. The van der Waals surface area contributed by atoms with Crippen LogP contribution in [0, 0.1) is 0 Å². The van der Waals surface area contributed by atoms with Gasteiger partial charge >= 0.3 is 6.03 Å². The van der Waals surface area contributed by atoms with Gasteiger partial charge in [-0.1, -0.05) is 36.2 Å². The Bertz CT molecular complexity index is 1130. The maximum atomic E-state index is 13.1. The summed E-state index contributed by atoms with van der Waals surface area (Å²) in [4.78, 5) is 38.9. The first-order valence-corrected chi connectivity index (χ1v) is 10.8. The molecule has 0 bridgehead atoms. The van der Waals surface area contributed by atoms with E-state index < -0.39 is 17.8 Å². The normalized spacial score (nSPS) is 15.0. The van der Waals surface area contributed by atoms with Crippen molar-refractivity contribution >= 4 is 47.1 Å². The van der Waals surface area contributed by atoms with E-state index in [0.29, 0.717) is 34.3 Å². The number of rotatable bonds is 8. The lowest BCUT2D eigenvalue weighted by atomic mass is 10.1. The average Bonchev–Trinajstić information content (AvgIpc) is 2.78. The van der Waals surface area contributed by atoms with Crippen LogP contribution in [0.3, 0.4) is 0 Å². The van der Waals surface area contributed by atoms with E-state index in [-0.39, 0.29) is 22.9 Å². The highest BCUT2D eigenvalue weighted by molar-refractivity contribution is 6.36. The largest absolute Gasteiger partial charge is 0.495 e. The summed E-state index contributed by atoms with van der Waals surface area (Å²) in [6, 6.07) is 7.24. The van der Waals surface area contributed by atoms with Crippen molar-refractivity contribution in [2.45, 2.75) is 19.9 Å². The van der Waals surface area contributed by atoms with Crippen LogP contribution in [0.1, 0.15) is 24.5 Å². The van der Waals surface area contributed by atoms with Gasteiger partial charge in [-0.2, -0.15) is 0 Å². The molecule has 0 saturated carbocycles. The monoisotopic (exact) mass is 492 g/mol. The Labute approximate surface area is 201 Å². The van der Waals surface area contributed by atoms with Crippen molar-refractivity contribution in [3.05, 3.63) is 57.1 Å². The van der Waals surface area contributed by atoms with Crippen molar-refractivity contribution < 1.29 is 28.6 Å². The molecular weight excluding hydrogens is 471 g/mol. The summed E-state index contributed by atoms with van der Waals surface area (Å²) in [5, 5.41) is 2.69. The van der Waals surface area contributed by atoms with Crippen LogP contribution in [0.4, 0.5) is 4.79 Å². The zero-order chi connectivity index (χ0) is 24.1. The number of imide groups is 2. The number of carbonyl (C=O) groups is 3. The van der Waals surface area contributed by atoms with Gasteiger partial charge in [-0.25, -0.2) is 4.79 Å². The Morgan fingerprint density at radius 1 is 1.03 bits per heavy atom. The Kier molecular flexibility index (Phi) is 7.84. The predicted molar refractivity (Wildman–Crippen MR) is 124 cm³/mol. The molecule has 1 aliphatic heterocycles. The average molecular weight is 493 g/mol. The standard InChI is InChI=1S/C23H22Cl2N2O6/c1-4-7-33-18-6-5-13(8-19(18)31-2)12-27-22(29)16(21(28)26-23(27)30)10-14-9-15(24)11-17(25)20(14)32-3/h5-6,8-11H,4,7,12H2,1-3H3,(H,26,28,30)/b16-10+. The number of hydrogen-bond donors (Lipinski definition) is 1. The Hall–Kier alpha value is -3.23. The minimum Gasteiger partial charge on any atom is -0.495 e. The van der Waals surface area contributed by atoms with Crippen LogP contribution in [-0.2, 0) is 16.1 Å². The molecule has 33 heavy (non-hydrogen) atoms. The SMILES string of the molecule is CCCOc1ccc(CN2C(=O)NC(=O)/C(=C\c3cc(Cl)cc(Cl)c3OC)C2=O)cc1OC. The summed E-state index contributed by atoms with van der Waals surface area (Å²) >= 11 is 12.2. The van der Waals surface area contributed by atoms with Crippen molar-refractivity contribution in [3.8, 4) is 17.2 Å². The van der Waals surface area contributed by atoms with Gasteiger partial charge < -0.3 is 14.2 Å². The van der Waals surface area contributed by atoms with Crippen molar-refractivity contribution in [3.63, 3.8) is 0 Å². The molecule has 0 aliphatic carbocycles. The van der Waals surface area contributed by atoms with Gasteiger partial charge in [0.05, 0.1) is 32.4 Å². The summed E-state index contributed by atoms with van der Waals surface area (Å²) in [5.41, 5.74) is 0.666. The molecule has 2 aromatic rings. The summed E-state index contributed by atoms with van der Waals surface area (Å²) in [5.74, 6) is -0.341. The maximum absolute atomic E-state index is 13.1. The number of ether oxygens (including phenoxy) is 3. The lowest BCUT2D eigenvalue weighted by Crippen LogP contribution is -2.53. The summed E-state index contributed by atoms with van der Waals surface area (Å²) < 4.78 is 16.3. The third-order valence-electron chi connectivity index (χ3n) is 4.76. The number of halogens is 2. The summed E-state index contributed by atoms with van der Waals surface area (Å²) in [6.07, 6.45) is 2.12. The maximum Gasteiger partial charge on any atom is 0.331 e. The van der Waals surface area contributed by atoms with Crippen LogP contribution in [-0.4, -0.2) is 43.6 Å². The molecule has 8 nitrogen and oxygen atoms in total. The summed E-state index contributed by atoms with van der Waals surface area (Å²) in [6.45, 7) is 2.42. The second-order valence-electron chi connectivity index (χ2n) is 7.05. The molecule has 0 spiro atoms. The van der Waals surface area contributed by atoms with Crippen LogP contribution >= 0.6 is 23.2 Å². The van der Waals surface area contributed by atoms with Crippen LogP contribution in [0.25, 0.3) is 6.08 Å². The minimum absolute atomic E-state index is 0.0901. The number of amides is 4. The van der Waals surface area contributed by atoms with Crippen molar-refractivity contribution in [2.75, 3.05) is 20.8 Å². The van der Waals surface area contributed by atoms with Gasteiger partial charge in [0.1, 0.15) is 11.3 Å². The fourth-order valence-corrected chi connectivity index (χ4v) is 3.81. The van der Waals surface area contributed by atoms with E-state index in [1.54, 1.807) is 18.2 Å². The molecule has 0 radical (unpaired) electrons. The number of methoxy groups -OCH3 is 2. The van der Waals surface area contributed by atoms with Gasteiger partial charge in [-0.15, -0.1) is 0 Å². The molecule has 1 N–H and O–H groups in total. The third kappa shape index (κ3) is 5.40. The molecule has 2 aromatic carbocycles. The zero-order valence-electron chi connectivity index (χ0n) is 18.2. The molecule has 1 saturated heterocycles. The number of hydrogen-bond acceptors (Lipinski definition) is 6. The number of nitrogens with zero attached hydrogens (tertiary/aromatic N) is 1. The molecule has 4 amide bonds. The quantitative estimate of drug-likeness (QED) is 0.431. The van der Waals surface area contributed by atoms with Crippen molar-refractivity contribution in [2.24, 2.45) is 0 Å². The van der Waals surface area contributed by atoms with Gasteiger partial charge in [-0.05, 0) is 42.3 Å². The molecule has 10 heteroatoms. The second-order valence-corrected chi connectivity index (χ2v) is 7.90. The molecule has 3 rings (SSSR count). The van der Waals surface area contributed by atoms with Crippen LogP contribution in [0.2, 0.25) is 10.0 Å². The fourth-order valence-electron chi connectivity index (χ4n) is 3.22. The van der Waals surface area contributed by atoms with Gasteiger partial charge in [0, 0.05) is 10.6 Å². The number of benzene rings is 2. The zero-order valence-corrected chi connectivity index (χ0v) is 19.7. The first kappa shape index (κ1) is 24.4. The summed E-state index contributed by atoms with van der Waals surface area (Å²) in [7, 11) is 2.90. The van der Waals surface area contributed by atoms with Crippen molar-refractivity contribution in [1.29, 1.82) is 0 Å². The number of nitrogens with one attached hydrogen (secondary N) is 1. The van der Waals surface area contributed by atoms with E-state index in [9.17, 15) is 14.4 Å². The lowest BCUT2D eigenvalue weighted by molar-refractivity contribution is -0.130. The van der Waals surface area contributed by atoms with Gasteiger partial charge in [0.25, 0.3) is 11.8 Å². The van der Waals surface area contributed by atoms with Crippen molar-refractivity contribution in [1.82, 2.24) is 10.2 Å². The molecule has 0 atom stereocenters. The molecule has 1 fully saturated rings. The van der Waals surface area contributed by atoms with Gasteiger partial charge in [0.2, 0.25) is 0 Å². The minimum atomic E-state index is -0.833. The van der Waals surface area contributed by atoms with Crippen LogP contribution < -0.4 is 19.5 Å². The first-order chi connectivity index (χ1) is 15.8. The molecule has 0 unspecified atom stereocenters. The highest BCUT2D eigenvalue weighted by Gasteiger charge is 2.36. The van der Waals surface area contributed by atoms with Gasteiger partial charge in [0.15, 0.2) is 11.5 Å². The van der Waals surface area contributed by atoms with E-state index >= 15 is 0 Å². The lowest BCUT2D eigenvalue weighted by Gasteiger charge is -2.26. The molecule has 1 aliphatic rings. The molecule has 174 valence electrons. The number of carbonyl (C=O) groups excluding carboxylic acids is 3. The topological polar surface area (TPSA) is 94.2 Å². The molecule has 1 heterocycles. The van der Waals surface area contributed by atoms with E-state index in [4.69, 9.17) is 37.4 Å². The second kappa shape index (κ2) is 10.6. The van der Waals surface area contributed by atoms with Crippen LogP contribution in [0.15, 0.2) is 35.9 Å². The Morgan fingerprint density at radius 3 is 2.45 bits per heavy atom. The van der Waals surface area contributed by atoms with E-state index in [0.717, 1.165) is 11.3 Å². The molecule has 0 aromatic heterocycles. The van der Waals surface area contributed by atoms with E-state index in [1.807, 2.05) is 6.92 Å². The number of urea groups is 1. The number of barbiturate groups is 1. The third-order valence-corrected chi connectivity index (χ3v) is 5.26. The van der Waals surface area contributed by atoms with Gasteiger partial charge in [-0.3, -0.25) is 19.8 Å². The smallest absolute Gasteiger partial charge is 0.331 e. The first-order valence-electron chi connectivity index (χ1n) is 10.0. The molecular formula is C23H22Cl2N2O6. The van der Waals surface area contributed by atoms with Crippen LogP contribution in [0.5, 0.6) is 17.2 Å². The highest BCUT2D eigenvalue weighted by Crippen LogP contribution is 2.34. The van der Waals surface area contributed by atoms with E-state index in [1.165, 1.54) is 32.4 Å². The Balaban J connectivity index is 1.93. The van der Waals surface area contributed by atoms with E-state index in [2.05, 4.69) is 5.32 Å².